The van der Waals surface area contributed by atoms with Crippen molar-refractivity contribution in [3.8, 4) is 0 Å². The maximum Gasteiger partial charge on any atom is 0.230 e. The lowest BCUT2D eigenvalue weighted by Gasteiger charge is -2.35. The van der Waals surface area contributed by atoms with Gasteiger partial charge in [-0.2, -0.15) is 0 Å². The van der Waals surface area contributed by atoms with Crippen LogP contribution in [0.4, 0.5) is 5.82 Å². The number of anilines is 1. The first-order valence-corrected chi connectivity index (χ1v) is 6.79. The van der Waals surface area contributed by atoms with Crippen molar-refractivity contribution < 1.29 is 9.21 Å². The normalized spacial score (nSPS) is 15.4. The highest BCUT2D eigenvalue weighted by molar-refractivity contribution is 5.78. The summed E-state index contributed by atoms with van der Waals surface area (Å²) < 4.78 is 5.22. The van der Waals surface area contributed by atoms with Crippen LogP contribution in [0.5, 0.6) is 0 Å². The van der Waals surface area contributed by atoms with Crippen LogP contribution >= 0.6 is 0 Å². The molecule has 104 valence electrons. The van der Waals surface area contributed by atoms with Crippen LogP contribution in [0, 0.1) is 0 Å². The molecule has 1 aliphatic heterocycles. The molecule has 20 heavy (non-hydrogen) atoms. The minimum Gasteiger partial charge on any atom is -0.469 e. The van der Waals surface area contributed by atoms with E-state index in [-0.39, 0.29) is 5.91 Å². The Morgan fingerprint density at radius 1 is 1.15 bits per heavy atom. The maximum atomic E-state index is 12.1. The fraction of sp³-hybridized carbons (Fsp3) is 0.333. The lowest BCUT2D eigenvalue weighted by molar-refractivity contribution is -0.131. The average Bonchev–Trinajstić information content (AvgIpc) is 3.01. The van der Waals surface area contributed by atoms with E-state index in [2.05, 4.69) is 9.88 Å². The number of carbonyl (C=O) groups excluding carboxylic acids is 1. The zero-order valence-electron chi connectivity index (χ0n) is 11.2. The number of carbonyl (C=O) groups is 1. The van der Waals surface area contributed by atoms with Gasteiger partial charge in [0.25, 0.3) is 0 Å². The number of hydrogen-bond donors (Lipinski definition) is 0. The second-order valence-electron chi connectivity index (χ2n) is 4.81. The van der Waals surface area contributed by atoms with E-state index < -0.39 is 0 Å². The molecule has 1 saturated heterocycles. The molecule has 0 N–H and O–H groups in total. The largest absolute Gasteiger partial charge is 0.469 e. The van der Waals surface area contributed by atoms with Crippen LogP contribution in [-0.4, -0.2) is 42.0 Å². The zero-order valence-corrected chi connectivity index (χ0v) is 11.2. The molecule has 0 atom stereocenters. The van der Waals surface area contributed by atoms with Gasteiger partial charge in [-0.15, -0.1) is 0 Å². The quantitative estimate of drug-likeness (QED) is 0.850. The Bertz CT molecular complexity index is 546. The van der Waals surface area contributed by atoms with E-state index in [1.807, 2.05) is 35.2 Å². The Hall–Kier alpha value is -2.30. The first kappa shape index (κ1) is 12.7. The molecular formula is C15H17N3O2. The van der Waals surface area contributed by atoms with Gasteiger partial charge < -0.3 is 14.2 Å². The molecule has 0 aromatic carbocycles. The Morgan fingerprint density at radius 3 is 2.65 bits per heavy atom. The SMILES string of the molecule is O=C(Cc1ccco1)N1CCN(c2ccccn2)CC1. The van der Waals surface area contributed by atoms with Gasteiger partial charge in [-0.3, -0.25) is 4.79 Å². The molecular weight excluding hydrogens is 254 g/mol. The van der Waals surface area contributed by atoms with E-state index in [1.165, 1.54) is 0 Å². The number of pyridine rings is 1. The van der Waals surface area contributed by atoms with Crippen molar-refractivity contribution in [3.05, 3.63) is 48.6 Å². The summed E-state index contributed by atoms with van der Waals surface area (Å²) in [4.78, 5) is 20.6. The van der Waals surface area contributed by atoms with E-state index in [0.717, 1.165) is 37.8 Å². The van der Waals surface area contributed by atoms with Crippen molar-refractivity contribution in [2.75, 3.05) is 31.1 Å². The van der Waals surface area contributed by atoms with Crippen molar-refractivity contribution in [2.24, 2.45) is 0 Å². The molecule has 0 spiro atoms. The van der Waals surface area contributed by atoms with Crippen LogP contribution in [0.2, 0.25) is 0 Å². The lowest BCUT2D eigenvalue weighted by Crippen LogP contribution is -2.49. The van der Waals surface area contributed by atoms with Crippen molar-refractivity contribution in [1.29, 1.82) is 0 Å². The second kappa shape index (κ2) is 5.77. The van der Waals surface area contributed by atoms with E-state index in [0.29, 0.717) is 6.42 Å². The molecule has 3 rings (SSSR count). The molecule has 2 aromatic heterocycles. The summed E-state index contributed by atoms with van der Waals surface area (Å²) in [5.41, 5.74) is 0. The molecule has 0 aliphatic carbocycles. The number of amides is 1. The summed E-state index contributed by atoms with van der Waals surface area (Å²) >= 11 is 0. The van der Waals surface area contributed by atoms with Gasteiger partial charge >= 0.3 is 0 Å². The molecule has 1 aliphatic rings. The van der Waals surface area contributed by atoms with Crippen LogP contribution in [0.25, 0.3) is 0 Å². The summed E-state index contributed by atoms with van der Waals surface area (Å²) in [7, 11) is 0. The number of furan rings is 1. The summed E-state index contributed by atoms with van der Waals surface area (Å²) in [5.74, 6) is 1.83. The number of hydrogen-bond acceptors (Lipinski definition) is 4. The third-order valence-electron chi connectivity index (χ3n) is 3.51. The zero-order chi connectivity index (χ0) is 13.8. The lowest BCUT2D eigenvalue weighted by atomic mass is 10.2. The fourth-order valence-corrected chi connectivity index (χ4v) is 2.40. The minimum atomic E-state index is 0.126. The molecule has 2 aromatic rings. The summed E-state index contributed by atoms with van der Waals surface area (Å²) in [6.45, 7) is 3.11. The summed E-state index contributed by atoms with van der Waals surface area (Å²) in [5, 5.41) is 0. The first-order chi connectivity index (χ1) is 9.83. The predicted molar refractivity (Wildman–Crippen MR) is 75.4 cm³/mol. The molecule has 5 nitrogen and oxygen atoms in total. The summed E-state index contributed by atoms with van der Waals surface area (Å²) in [6.07, 6.45) is 3.74. The molecule has 0 radical (unpaired) electrons. The third kappa shape index (κ3) is 2.82. The molecule has 3 heterocycles. The van der Waals surface area contributed by atoms with E-state index >= 15 is 0 Å². The number of piperazine rings is 1. The van der Waals surface area contributed by atoms with Gasteiger partial charge in [0.15, 0.2) is 0 Å². The molecule has 0 unspecified atom stereocenters. The number of rotatable bonds is 3. The fourth-order valence-electron chi connectivity index (χ4n) is 2.40. The topological polar surface area (TPSA) is 49.6 Å². The average molecular weight is 271 g/mol. The Kier molecular flexibility index (Phi) is 3.67. The molecule has 5 heteroatoms. The van der Waals surface area contributed by atoms with Gasteiger partial charge in [0.2, 0.25) is 5.91 Å². The van der Waals surface area contributed by atoms with E-state index in [1.54, 1.807) is 12.5 Å². The first-order valence-electron chi connectivity index (χ1n) is 6.79. The van der Waals surface area contributed by atoms with Gasteiger partial charge in [-0.25, -0.2) is 4.98 Å². The van der Waals surface area contributed by atoms with Gasteiger partial charge in [-0.1, -0.05) is 6.07 Å². The second-order valence-corrected chi connectivity index (χ2v) is 4.81. The third-order valence-corrected chi connectivity index (χ3v) is 3.51. The smallest absolute Gasteiger partial charge is 0.230 e. The minimum absolute atomic E-state index is 0.126. The van der Waals surface area contributed by atoms with Crippen LogP contribution < -0.4 is 4.90 Å². The standard InChI is InChI=1S/C15H17N3O2/c19-15(12-13-4-3-11-20-13)18-9-7-17(8-10-18)14-5-1-2-6-16-14/h1-6,11H,7-10,12H2. The van der Waals surface area contributed by atoms with Crippen molar-refractivity contribution >= 4 is 11.7 Å². The monoisotopic (exact) mass is 271 g/mol. The van der Waals surface area contributed by atoms with Crippen molar-refractivity contribution in [3.63, 3.8) is 0 Å². The molecule has 0 bridgehead atoms. The van der Waals surface area contributed by atoms with Gasteiger partial charge in [0.05, 0.1) is 12.7 Å². The van der Waals surface area contributed by atoms with Crippen LogP contribution in [-0.2, 0) is 11.2 Å². The molecule has 1 amide bonds. The number of nitrogens with zero attached hydrogens (tertiary/aromatic N) is 3. The number of aromatic nitrogens is 1. The Balaban J connectivity index is 1.54. The highest BCUT2D eigenvalue weighted by Gasteiger charge is 2.22. The van der Waals surface area contributed by atoms with Crippen LogP contribution in [0.1, 0.15) is 5.76 Å². The maximum absolute atomic E-state index is 12.1. The van der Waals surface area contributed by atoms with Gasteiger partial charge in [0.1, 0.15) is 11.6 Å². The van der Waals surface area contributed by atoms with Gasteiger partial charge in [-0.05, 0) is 24.3 Å². The summed E-state index contributed by atoms with van der Waals surface area (Å²) in [6, 6.07) is 9.54. The van der Waals surface area contributed by atoms with E-state index in [9.17, 15) is 4.79 Å². The van der Waals surface area contributed by atoms with Crippen LogP contribution in [0.15, 0.2) is 47.2 Å². The van der Waals surface area contributed by atoms with E-state index in [4.69, 9.17) is 4.42 Å². The Labute approximate surface area is 117 Å². The highest BCUT2D eigenvalue weighted by Crippen LogP contribution is 2.13. The van der Waals surface area contributed by atoms with Crippen molar-refractivity contribution in [1.82, 2.24) is 9.88 Å². The van der Waals surface area contributed by atoms with Crippen molar-refractivity contribution in [2.45, 2.75) is 6.42 Å². The highest BCUT2D eigenvalue weighted by atomic mass is 16.3. The van der Waals surface area contributed by atoms with Gasteiger partial charge in [0, 0.05) is 32.4 Å². The molecule has 0 saturated carbocycles. The Morgan fingerprint density at radius 2 is 2.00 bits per heavy atom. The van der Waals surface area contributed by atoms with Crippen LogP contribution in [0.3, 0.4) is 0 Å². The predicted octanol–water partition coefficient (Wildman–Crippen LogP) is 1.57. The molecule has 1 fully saturated rings.